The van der Waals surface area contributed by atoms with E-state index in [1.165, 1.54) is 0 Å². The topological polar surface area (TPSA) is 59.3 Å². The molecule has 5 nitrogen and oxygen atoms in total. The molecule has 2 N–H and O–H groups in total. The summed E-state index contributed by atoms with van der Waals surface area (Å²) in [5.41, 5.74) is 0.815. The van der Waals surface area contributed by atoms with Crippen molar-refractivity contribution in [3.63, 3.8) is 0 Å². The van der Waals surface area contributed by atoms with Gasteiger partial charge in [0, 0.05) is 27.2 Å². The summed E-state index contributed by atoms with van der Waals surface area (Å²) < 4.78 is 6.68. The molecular weight excluding hydrogens is 182 g/mol. The van der Waals surface area contributed by atoms with Crippen molar-refractivity contribution in [2.75, 3.05) is 26.8 Å². The second-order valence-corrected chi connectivity index (χ2v) is 3.14. The highest BCUT2D eigenvalue weighted by atomic mass is 16.5. The summed E-state index contributed by atoms with van der Waals surface area (Å²) in [7, 11) is 3.51. The van der Waals surface area contributed by atoms with Crippen LogP contribution in [-0.2, 0) is 11.8 Å². The van der Waals surface area contributed by atoms with Gasteiger partial charge in [-0.1, -0.05) is 0 Å². The van der Waals surface area contributed by atoms with Crippen LogP contribution in [0.25, 0.3) is 0 Å². The zero-order chi connectivity index (χ0) is 10.4. The zero-order valence-corrected chi connectivity index (χ0v) is 8.60. The number of nitrogens with zero attached hydrogens (tertiary/aromatic N) is 2. The van der Waals surface area contributed by atoms with Crippen molar-refractivity contribution in [2.24, 2.45) is 7.05 Å². The standard InChI is InChI=1S/C9H17N3O2/c1-12-7-11-5-8(12)9(13)6-10-3-4-14-2/h5,7,9-10,13H,3-4,6H2,1-2H3. The van der Waals surface area contributed by atoms with E-state index in [0.29, 0.717) is 13.2 Å². The second kappa shape index (κ2) is 5.74. The minimum absolute atomic E-state index is 0.514. The molecule has 1 aromatic rings. The van der Waals surface area contributed by atoms with Crippen LogP contribution in [0.5, 0.6) is 0 Å². The van der Waals surface area contributed by atoms with E-state index in [9.17, 15) is 5.11 Å². The van der Waals surface area contributed by atoms with Gasteiger partial charge in [0.25, 0.3) is 0 Å². The average Bonchev–Trinajstić information content (AvgIpc) is 2.59. The van der Waals surface area contributed by atoms with Crippen molar-refractivity contribution >= 4 is 0 Å². The molecule has 0 aromatic carbocycles. The van der Waals surface area contributed by atoms with Gasteiger partial charge in [-0.15, -0.1) is 0 Å². The molecular formula is C9H17N3O2. The van der Waals surface area contributed by atoms with E-state index < -0.39 is 6.10 Å². The van der Waals surface area contributed by atoms with Crippen molar-refractivity contribution in [1.29, 1.82) is 0 Å². The van der Waals surface area contributed by atoms with Crippen LogP contribution in [-0.4, -0.2) is 41.5 Å². The first-order valence-electron chi connectivity index (χ1n) is 4.59. The third kappa shape index (κ3) is 3.10. The highest BCUT2D eigenvalue weighted by Gasteiger charge is 2.09. The highest BCUT2D eigenvalue weighted by molar-refractivity contribution is 5.02. The number of hydrogen-bond donors (Lipinski definition) is 2. The van der Waals surface area contributed by atoms with Gasteiger partial charge in [-0.25, -0.2) is 4.98 Å². The lowest BCUT2D eigenvalue weighted by atomic mass is 10.2. The number of aromatic nitrogens is 2. The van der Waals surface area contributed by atoms with E-state index in [1.54, 1.807) is 19.6 Å². The average molecular weight is 199 g/mol. The minimum Gasteiger partial charge on any atom is -0.385 e. The normalized spacial score (nSPS) is 13.1. The highest BCUT2D eigenvalue weighted by Crippen LogP contribution is 2.08. The van der Waals surface area contributed by atoms with Crippen molar-refractivity contribution in [1.82, 2.24) is 14.9 Å². The second-order valence-electron chi connectivity index (χ2n) is 3.14. The lowest BCUT2D eigenvalue weighted by molar-refractivity contribution is 0.155. The molecule has 0 amide bonds. The molecule has 0 saturated heterocycles. The molecule has 0 aliphatic carbocycles. The fourth-order valence-corrected chi connectivity index (χ4v) is 1.21. The Morgan fingerprint density at radius 1 is 1.71 bits per heavy atom. The number of aliphatic hydroxyl groups is 1. The van der Waals surface area contributed by atoms with Gasteiger partial charge in [0.2, 0.25) is 0 Å². The number of aryl methyl sites for hydroxylation is 1. The fourth-order valence-electron chi connectivity index (χ4n) is 1.21. The van der Waals surface area contributed by atoms with Gasteiger partial charge in [0.15, 0.2) is 0 Å². The Balaban J connectivity index is 2.28. The van der Waals surface area contributed by atoms with Crippen LogP contribution < -0.4 is 5.32 Å². The van der Waals surface area contributed by atoms with Gasteiger partial charge >= 0.3 is 0 Å². The van der Waals surface area contributed by atoms with Crippen molar-refractivity contribution in [3.8, 4) is 0 Å². The van der Waals surface area contributed by atoms with Crippen LogP contribution in [0.2, 0.25) is 0 Å². The van der Waals surface area contributed by atoms with E-state index in [2.05, 4.69) is 10.3 Å². The Morgan fingerprint density at radius 2 is 2.50 bits per heavy atom. The number of hydrogen-bond acceptors (Lipinski definition) is 4. The predicted molar refractivity (Wildman–Crippen MR) is 52.9 cm³/mol. The molecule has 0 radical (unpaired) electrons. The maximum atomic E-state index is 9.73. The van der Waals surface area contributed by atoms with Crippen molar-refractivity contribution < 1.29 is 9.84 Å². The Hall–Kier alpha value is -0.910. The van der Waals surface area contributed by atoms with Gasteiger partial charge < -0.3 is 19.7 Å². The molecule has 1 unspecified atom stereocenters. The number of rotatable bonds is 6. The first kappa shape index (κ1) is 11.2. The number of aliphatic hydroxyl groups excluding tert-OH is 1. The number of imidazole rings is 1. The lowest BCUT2D eigenvalue weighted by Gasteiger charge is -2.11. The molecule has 0 bridgehead atoms. The maximum absolute atomic E-state index is 9.73. The summed E-state index contributed by atoms with van der Waals surface area (Å²) in [4.78, 5) is 3.94. The third-order valence-corrected chi connectivity index (χ3v) is 2.02. The summed E-state index contributed by atoms with van der Waals surface area (Å²) in [6.07, 6.45) is 2.83. The first-order chi connectivity index (χ1) is 6.75. The molecule has 0 aliphatic heterocycles. The molecule has 1 rings (SSSR count). The third-order valence-electron chi connectivity index (χ3n) is 2.02. The monoisotopic (exact) mass is 199 g/mol. The van der Waals surface area contributed by atoms with Gasteiger partial charge in [0.05, 0.1) is 24.8 Å². The first-order valence-corrected chi connectivity index (χ1v) is 4.59. The Labute approximate surface area is 83.7 Å². The molecule has 80 valence electrons. The number of ether oxygens (including phenoxy) is 1. The smallest absolute Gasteiger partial charge is 0.108 e. The molecule has 0 spiro atoms. The van der Waals surface area contributed by atoms with E-state index in [1.807, 2.05) is 11.6 Å². The summed E-state index contributed by atoms with van der Waals surface area (Å²) >= 11 is 0. The summed E-state index contributed by atoms with van der Waals surface area (Å²) in [6.45, 7) is 1.91. The SMILES string of the molecule is COCCNCC(O)c1cncn1C. The van der Waals surface area contributed by atoms with Gasteiger partial charge in [0.1, 0.15) is 6.10 Å². The molecule has 0 aliphatic rings. The summed E-state index contributed by atoms with van der Waals surface area (Å²) in [6, 6.07) is 0. The molecule has 0 fully saturated rings. The fraction of sp³-hybridized carbons (Fsp3) is 0.667. The quantitative estimate of drug-likeness (QED) is 0.617. The van der Waals surface area contributed by atoms with Crippen LogP contribution in [0.15, 0.2) is 12.5 Å². The molecule has 1 aromatic heterocycles. The van der Waals surface area contributed by atoms with Crippen LogP contribution in [0.4, 0.5) is 0 Å². The zero-order valence-electron chi connectivity index (χ0n) is 8.60. The number of methoxy groups -OCH3 is 1. The van der Waals surface area contributed by atoms with Crippen molar-refractivity contribution in [2.45, 2.75) is 6.10 Å². The van der Waals surface area contributed by atoms with E-state index in [4.69, 9.17) is 4.74 Å². The molecule has 1 atom stereocenters. The van der Waals surface area contributed by atoms with E-state index in [0.717, 1.165) is 12.2 Å². The van der Waals surface area contributed by atoms with Crippen LogP contribution in [0.1, 0.15) is 11.8 Å². The van der Waals surface area contributed by atoms with Gasteiger partial charge in [-0.05, 0) is 0 Å². The summed E-state index contributed by atoms with van der Waals surface area (Å²) in [5, 5.41) is 12.8. The lowest BCUT2D eigenvalue weighted by Crippen LogP contribution is -2.25. The van der Waals surface area contributed by atoms with Crippen LogP contribution >= 0.6 is 0 Å². The Bertz CT molecular complexity index is 262. The van der Waals surface area contributed by atoms with E-state index in [-0.39, 0.29) is 0 Å². The van der Waals surface area contributed by atoms with Gasteiger partial charge in [-0.2, -0.15) is 0 Å². The molecule has 5 heteroatoms. The number of nitrogens with one attached hydrogen (secondary N) is 1. The van der Waals surface area contributed by atoms with E-state index >= 15 is 0 Å². The molecule has 1 heterocycles. The molecule has 0 saturated carbocycles. The minimum atomic E-state index is -0.514. The summed E-state index contributed by atoms with van der Waals surface area (Å²) in [5.74, 6) is 0. The Morgan fingerprint density at radius 3 is 3.07 bits per heavy atom. The van der Waals surface area contributed by atoms with Gasteiger partial charge in [-0.3, -0.25) is 0 Å². The van der Waals surface area contributed by atoms with Crippen LogP contribution in [0, 0.1) is 0 Å². The van der Waals surface area contributed by atoms with Crippen LogP contribution in [0.3, 0.4) is 0 Å². The Kier molecular flexibility index (Phi) is 4.58. The predicted octanol–water partition coefficient (Wildman–Crippen LogP) is -0.311. The molecule has 14 heavy (non-hydrogen) atoms. The largest absolute Gasteiger partial charge is 0.385 e. The maximum Gasteiger partial charge on any atom is 0.108 e. The van der Waals surface area contributed by atoms with Crippen molar-refractivity contribution in [3.05, 3.63) is 18.2 Å².